The molecule has 1 atom stereocenters. The normalized spacial score (nSPS) is 18.3. The molecule has 3 nitrogen and oxygen atoms in total. The van der Waals surface area contributed by atoms with Gasteiger partial charge in [-0.3, -0.25) is 0 Å². The van der Waals surface area contributed by atoms with Gasteiger partial charge in [0.15, 0.2) is 23.1 Å². The van der Waals surface area contributed by atoms with Gasteiger partial charge < -0.3 is 14.6 Å². The van der Waals surface area contributed by atoms with E-state index in [2.05, 4.69) is 6.58 Å². The number of ether oxygens (including phenoxy) is 2. The van der Waals surface area contributed by atoms with Gasteiger partial charge in [0.2, 0.25) is 5.82 Å². The molecule has 0 bridgehead atoms. The van der Waals surface area contributed by atoms with Crippen molar-refractivity contribution in [3.05, 3.63) is 95.8 Å². The predicted molar refractivity (Wildman–Crippen MR) is 139 cm³/mol. The first-order valence-corrected chi connectivity index (χ1v) is 12.8. The first-order valence-electron chi connectivity index (χ1n) is 12.8. The number of aliphatic hydroxyl groups is 1. The summed E-state index contributed by atoms with van der Waals surface area (Å²) < 4.78 is 55.0. The molecule has 0 amide bonds. The number of aliphatic hydroxyl groups excluding tert-OH is 1. The minimum absolute atomic E-state index is 0.0521. The van der Waals surface area contributed by atoms with Crippen molar-refractivity contribution in [1.29, 1.82) is 0 Å². The largest absolute Gasteiger partial charge is 0.490 e. The third kappa shape index (κ3) is 6.55. The molecule has 4 rings (SSSR count). The lowest BCUT2D eigenvalue weighted by Crippen LogP contribution is -2.23. The maximum Gasteiger partial charge on any atom is 0.200 e. The Kier molecular flexibility index (Phi) is 8.93. The van der Waals surface area contributed by atoms with Crippen molar-refractivity contribution in [2.45, 2.75) is 57.7 Å². The average Bonchev–Trinajstić information content (AvgIpc) is 2.91. The Hall–Kier alpha value is -3.25. The average molecular weight is 511 g/mol. The van der Waals surface area contributed by atoms with Gasteiger partial charge in [0.1, 0.15) is 6.61 Å². The quantitative estimate of drug-likeness (QED) is 0.222. The van der Waals surface area contributed by atoms with Gasteiger partial charge in [-0.05, 0) is 91.3 Å². The van der Waals surface area contributed by atoms with Crippen molar-refractivity contribution in [2.75, 3.05) is 6.61 Å². The second kappa shape index (κ2) is 12.3. The van der Waals surface area contributed by atoms with Gasteiger partial charge in [0.25, 0.3) is 0 Å². The van der Waals surface area contributed by atoms with Gasteiger partial charge in [-0.15, -0.1) is 6.58 Å². The molecule has 1 aliphatic carbocycles. The zero-order chi connectivity index (χ0) is 26.4. The summed E-state index contributed by atoms with van der Waals surface area (Å²) in [4.78, 5) is 0. The molecule has 0 radical (unpaired) electrons. The molecule has 1 N–H and O–H groups in total. The molecule has 0 spiro atoms. The molecule has 1 aliphatic rings. The molecule has 0 heterocycles. The van der Waals surface area contributed by atoms with Crippen LogP contribution in [0.1, 0.15) is 56.1 Å². The minimum atomic E-state index is -0.974. The van der Waals surface area contributed by atoms with E-state index in [9.17, 15) is 18.3 Å². The smallest absolute Gasteiger partial charge is 0.200 e. The highest BCUT2D eigenvalue weighted by atomic mass is 19.2. The Morgan fingerprint density at radius 1 is 0.892 bits per heavy atom. The molecule has 0 saturated heterocycles. The van der Waals surface area contributed by atoms with E-state index in [0.717, 1.165) is 36.8 Å². The molecule has 3 aromatic carbocycles. The van der Waals surface area contributed by atoms with Crippen LogP contribution in [0.25, 0.3) is 11.1 Å². The van der Waals surface area contributed by atoms with E-state index in [0.29, 0.717) is 24.2 Å². The van der Waals surface area contributed by atoms with Gasteiger partial charge in [0, 0.05) is 0 Å². The van der Waals surface area contributed by atoms with Crippen LogP contribution in [0.2, 0.25) is 0 Å². The first kappa shape index (κ1) is 26.8. The molecule has 3 aromatic rings. The van der Waals surface area contributed by atoms with Crippen LogP contribution in [-0.4, -0.2) is 17.8 Å². The molecular formula is C31H33F3O3. The minimum Gasteiger partial charge on any atom is -0.490 e. The number of rotatable bonds is 10. The highest BCUT2D eigenvalue weighted by Gasteiger charge is 2.28. The standard InChI is InChI=1S/C31H33F3O3/c1-3-4-17-36-28-15-13-25(18-27(28)32)23-7-5-21(6-8-23)19-37-29-16-14-26(30(33)31(29)34)24-11-9-22(10-12-24)20(2)35/h3,5-8,13-16,18,20,22,24,35H,1,4,9-12,17,19H2,2H3. The van der Waals surface area contributed by atoms with E-state index >= 15 is 0 Å². The Bertz CT molecular complexity index is 1200. The van der Waals surface area contributed by atoms with Crippen LogP contribution in [0.15, 0.2) is 67.3 Å². The fourth-order valence-electron chi connectivity index (χ4n) is 4.89. The van der Waals surface area contributed by atoms with E-state index < -0.39 is 17.5 Å². The topological polar surface area (TPSA) is 38.7 Å². The zero-order valence-electron chi connectivity index (χ0n) is 21.1. The summed E-state index contributed by atoms with van der Waals surface area (Å²) in [6, 6.07) is 15.2. The Labute approximate surface area is 216 Å². The van der Waals surface area contributed by atoms with Crippen LogP contribution in [0.5, 0.6) is 11.5 Å². The van der Waals surface area contributed by atoms with Crippen LogP contribution in [0, 0.1) is 23.4 Å². The highest BCUT2D eigenvalue weighted by molar-refractivity contribution is 5.64. The molecule has 0 aromatic heterocycles. The van der Waals surface area contributed by atoms with Crippen molar-refractivity contribution in [2.24, 2.45) is 5.92 Å². The summed E-state index contributed by atoms with van der Waals surface area (Å²) in [6.07, 6.45) is 5.04. The molecule has 37 heavy (non-hydrogen) atoms. The highest BCUT2D eigenvalue weighted by Crippen LogP contribution is 2.39. The molecule has 196 valence electrons. The van der Waals surface area contributed by atoms with Crippen LogP contribution in [0.3, 0.4) is 0 Å². The summed E-state index contributed by atoms with van der Waals surface area (Å²) in [5.74, 6) is -2.03. The Morgan fingerprint density at radius 3 is 2.22 bits per heavy atom. The fraction of sp³-hybridized carbons (Fsp3) is 0.355. The predicted octanol–water partition coefficient (Wildman–Crippen LogP) is 7.96. The summed E-state index contributed by atoms with van der Waals surface area (Å²) in [5.41, 5.74) is 2.66. The van der Waals surface area contributed by atoms with Crippen LogP contribution in [0.4, 0.5) is 13.2 Å². The Balaban J connectivity index is 1.36. The van der Waals surface area contributed by atoms with E-state index in [1.54, 1.807) is 31.2 Å². The van der Waals surface area contributed by atoms with Crippen LogP contribution in [-0.2, 0) is 6.61 Å². The van der Waals surface area contributed by atoms with Gasteiger partial charge in [-0.1, -0.05) is 42.5 Å². The van der Waals surface area contributed by atoms with Crippen LogP contribution >= 0.6 is 0 Å². The summed E-state index contributed by atoms with van der Waals surface area (Å²) in [6.45, 7) is 5.84. The number of hydrogen-bond donors (Lipinski definition) is 1. The lowest BCUT2D eigenvalue weighted by atomic mass is 9.77. The molecule has 1 saturated carbocycles. The van der Waals surface area contributed by atoms with E-state index in [1.165, 1.54) is 12.1 Å². The second-order valence-corrected chi connectivity index (χ2v) is 9.69. The van der Waals surface area contributed by atoms with Gasteiger partial charge in [0.05, 0.1) is 12.7 Å². The van der Waals surface area contributed by atoms with Gasteiger partial charge >= 0.3 is 0 Å². The summed E-state index contributed by atoms with van der Waals surface area (Å²) in [5, 5.41) is 9.78. The van der Waals surface area contributed by atoms with Crippen molar-refractivity contribution >= 4 is 0 Å². The van der Waals surface area contributed by atoms with E-state index in [1.807, 2.05) is 24.3 Å². The van der Waals surface area contributed by atoms with Crippen molar-refractivity contribution < 1.29 is 27.8 Å². The van der Waals surface area contributed by atoms with E-state index in [-0.39, 0.29) is 36.0 Å². The summed E-state index contributed by atoms with van der Waals surface area (Å²) >= 11 is 0. The number of hydrogen-bond acceptors (Lipinski definition) is 3. The second-order valence-electron chi connectivity index (χ2n) is 9.69. The maximum absolute atomic E-state index is 14.9. The lowest BCUT2D eigenvalue weighted by molar-refractivity contribution is 0.0963. The third-order valence-corrected chi connectivity index (χ3v) is 7.16. The molecule has 6 heteroatoms. The monoisotopic (exact) mass is 510 g/mol. The molecule has 0 aliphatic heterocycles. The fourth-order valence-corrected chi connectivity index (χ4v) is 4.89. The first-order chi connectivity index (χ1) is 17.9. The molecular weight excluding hydrogens is 477 g/mol. The van der Waals surface area contributed by atoms with Crippen molar-refractivity contribution in [3.63, 3.8) is 0 Å². The zero-order valence-corrected chi connectivity index (χ0v) is 21.1. The van der Waals surface area contributed by atoms with Crippen LogP contribution < -0.4 is 9.47 Å². The Morgan fingerprint density at radius 2 is 1.57 bits per heavy atom. The molecule has 1 unspecified atom stereocenters. The number of halogens is 3. The summed E-state index contributed by atoms with van der Waals surface area (Å²) in [7, 11) is 0. The maximum atomic E-state index is 14.9. The lowest BCUT2D eigenvalue weighted by Gasteiger charge is -2.30. The molecule has 1 fully saturated rings. The third-order valence-electron chi connectivity index (χ3n) is 7.16. The van der Waals surface area contributed by atoms with Gasteiger partial charge in [-0.2, -0.15) is 4.39 Å². The van der Waals surface area contributed by atoms with Gasteiger partial charge in [-0.25, -0.2) is 8.78 Å². The van der Waals surface area contributed by atoms with Crippen molar-refractivity contribution in [3.8, 4) is 22.6 Å². The van der Waals surface area contributed by atoms with E-state index in [4.69, 9.17) is 9.47 Å². The SMILES string of the molecule is C=CCCOc1ccc(-c2ccc(COc3ccc(C4CCC(C(C)O)CC4)c(F)c3F)cc2)cc1F. The van der Waals surface area contributed by atoms with Crippen molar-refractivity contribution in [1.82, 2.24) is 0 Å². The number of benzene rings is 3.